The van der Waals surface area contributed by atoms with E-state index in [1.165, 1.54) is 12.1 Å². The predicted octanol–water partition coefficient (Wildman–Crippen LogP) is 2.91. The van der Waals surface area contributed by atoms with Crippen LogP contribution in [0.3, 0.4) is 0 Å². The molecule has 1 saturated carbocycles. The maximum Gasteiger partial charge on any atom is 0.320 e. The molecule has 0 unspecified atom stereocenters. The molecule has 0 aliphatic heterocycles. The van der Waals surface area contributed by atoms with Crippen LogP contribution < -0.4 is 10.6 Å². The predicted molar refractivity (Wildman–Crippen MR) is 88.5 cm³/mol. The second-order valence-electron chi connectivity index (χ2n) is 6.08. The first-order valence-electron chi connectivity index (χ1n) is 7.94. The average molecular weight is 332 g/mol. The Balaban J connectivity index is 1.49. The van der Waals surface area contributed by atoms with Crippen LogP contribution in [0.25, 0.3) is 0 Å². The minimum absolute atomic E-state index is 0.0740. The molecule has 0 saturated heterocycles. The van der Waals surface area contributed by atoms with Gasteiger partial charge in [-0.3, -0.25) is 10.00 Å². The lowest BCUT2D eigenvalue weighted by atomic mass is 10.1. The number of anilines is 1. The Morgan fingerprint density at radius 3 is 2.88 bits per heavy atom. The van der Waals surface area contributed by atoms with Crippen LogP contribution in [0, 0.1) is 5.82 Å². The van der Waals surface area contributed by atoms with E-state index in [4.69, 9.17) is 4.74 Å². The molecule has 6 nitrogen and oxygen atoms in total. The van der Waals surface area contributed by atoms with Gasteiger partial charge in [0, 0.05) is 31.3 Å². The van der Waals surface area contributed by atoms with Crippen LogP contribution in [0.4, 0.5) is 15.0 Å². The molecule has 1 fully saturated rings. The molecule has 1 aromatic heterocycles. The Morgan fingerprint density at radius 1 is 1.42 bits per heavy atom. The van der Waals surface area contributed by atoms with E-state index in [1.807, 2.05) is 6.92 Å². The van der Waals surface area contributed by atoms with Gasteiger partial charge in [0.05, 0.1) is 12.6 Å². The van der Waals surface area contributed by atoms with Crippen molar-refractivity contribution in [2.45, 2.75) is 31.3 Å². The normalized spacial score (nSPS) is 20.5. The van der Waals surface area contributed by atoms with Crippen LogP contribution in [-0.2, 0) is 4.74 Å². The zero-order chi connectivity index (χ0) is 17.1. The molecular formula is C17H21FN4O2. The number of hydrogen-bond acceptors (Lipinski definition) is 3. The molecule has 1 aliphatic carbocycles. The van der Waals surface area contributed by atoms with Gasteiger partial charge in [0.25, 0.3) is 0 Å². The van der Waals surface area contributed by atoms with E-state index in [0.29, 0.717) is 12.4 Å². The summed E-state index contributed by atoms with van der Waals surface area (Å²) in [7, 11) is 1.64. The lowest BCUT2D eigenvalue weighted by Crippen LogP contribution is -2.31. The molecule has 2 aromatic rings. The number of nitrogens with zero attached hydrogens (tertiary/aromatic N) is 2. The van der Waals surface area contributed by atoms with Gasteiger partial charge in [-0.1, -0.05) is 12.1 Å². The van der Waals surface area contributed by atoms with E-state index in [9.17, 15) is 9.18 Å². The summed E-state index contributed by atoms with van der Waals surface area (Å²) in [6.45, 7) is 2.53. The highest BCUT2D eigenvalue weighted by molar-refractivity contribution is 5.88. The van der Waals surface area contributed by atoms with Crippen molar-refractivity contribution in [1.82, 2.24) is 15.1 Å². The van der Waals surface area contributed by atoms with Gasteiger partial charge >= 0.3 is 6.03 Å². The molecule has 1 heterocycles. The molecule has 3 rings (SSSR count). The van der Waals surface area contributed by atoms with Gasteiger partial charge < -0.3 is 10.1 Å². The fraction of sp³-hybridized carbons (Fsp3) is 0.412. The smallest absolute Gasteiger partial charge is 0.320 e. The zero-order valence-electron chi connectivity index (χ0n) is 13.7. The molecule has 0 bridgehead atoms. The largest absolute Gasteiger partial charge is 0.382 e. The second-order valence-corrected chi connectivity index (χ2v) is 6.08. The minimum atomic E-state index is -0.283. The molecule has 2 amide bonds. The molecule has 2 N–H and O–H groups in total. The van der Waals surface area contributed by atoms with Gasteiger partial charge in [-0.15, -0.1) is 0 Å². The molecule has 3 atom stereocenters. The molecule has 7 heteroatoms. The Labute approximate surface area is 140 Å². The van der Waals surface area contributed by atoms with Crippen molar-refractivity contribution in [3.05, 3.63) is 47.9 Å². The number of rotatable bonds is 6. The maximum absolute atomic E-state index is 12.9. The summed E-state index contributed by atoms with van der Waals surface area (Å²) in [5.74, 6) is 0.491. The molecule has 0 spiro atoms. The van der Waals surface area contributed by atoms with Gasteiger partial charge in [0.15, 0.2) is 5.82 Å². The molecule has 1 aliphatic rings. The van der Waals surface area contributed by atoms with Crippen molar-refractivity contribution in [2.75, 3.05) is 19.0 Å². The van der Waals surface area contributed by atoms with Crippen LogP contribution >= 0.6 is 0 Å². The van der Waals surface area contributed by atoms with E-state index >= 15 is 0 Å². The fourth-order valence-electron chi connectivity index (χ4n) is 2.72. The van der Waals surface area contributed by atoms with Gasteiger partial charge in [-0.25, -0.2) is 9.18 Å². The Bertz CT molecular complexity index is 701. The van der Waals surface area contributed by atoms with Gasteiger partial charge in [-0.2, -0.15) is 5.10 Å². The van der Waals surface area contributed by atoms with Crippen LogP contribution in [0.15, 0.2) is 36.5 Å². The quantitative estimate of drug-likeness (QED) is 0.855. The van der Waals surface area contributed by atoms with Crippen LogP contribution in [0.1, 0.15) is 30.9 Å². The van der Waals surface area contributed by atoms with Crippen molar-refractivity contribution >= 4 is 11.8 Å². The summed E-state index contributed by atoms with van der Waals surface area (Å²) in [6, 6.07) is 8.05. The number of carbonyl (C=O) groups is 1. The highest BCUT2D eigenvalue weighted by Crippen LogP contribution is 2.40. The van der Waals surface area contributed by atoms with Gasteiger partial charge in [-0.05, 0) is 31.0 Å². The number of halogens is 1. The Morgan fingerprint density at radius 2 is 2.17 bits per heavy atom. The molecule has 0 radical (unpaired) electrons. The number of ether oxygens (including phenoxy) is 1. The number of methoxy groups -OCH3 is 1. The topological polar surface area (TPSA) is 68.2 Å². The summed E-state index contributed by atoms with van der Waals surface area (Å²) in [6.07, 6.45) is 2.66. The summed E-state index contributed by atoms with van der Waals surface area (Å²) >= 11 is 0. The summed E-state index contributed by atoms with van der Waals surface area (Å²) in [5.41, 5.74) is 1.04. The van der Waals surface area contributed by atoms with Crippen LogP contribution in [0.5, 0.6) is 0 Å². The number of carbonyl (C=O) groups excluding carboxylic acids is 1. The minimum Gasteiger partial charge on any atom is -0.382 e. The highest BCUT2D eigenvalue weighted by Gasteiger charge is 2.39. The van der Waals surface area contributed by atoms with Crippen molar-refractivity contribution in [3.63, 3.8) is 0 Å². The van der Waals surface area contributed by atoms with Crippen molar-refractivity contribution < 1.29 is 13.9 Å². The third-order valence-electron chi connectivity index (χ3n) is 4.11. The zero-order valence-corrected chi connectivity index (χ0v) is 13.7. The van der Waals surface area contributed by atoms with Gasteiger partial charge in [0.2, 0.25) is 0 Å². The maximum atomic E-state index is 12.9. The number of amides is 2. The van der Waals surface area contributed by atoms with Crippen molar-refractivity contribution in [3.8, 4) is 0 Å². The summed E-state index contributed by atoms with van der Waals surface area (Å²) < 4.78 is 19.8. The van der Waals surface area contributed by atoms with Crippen molar-refractivity contribution in [1.29, 1.82) is 0 Å². The lowest BCUT2D eigenvalue weighted by Gasteiger charge is -2.10. The van der Waals surface area contributed by atoms with Gasteiger partial charge in [0.1, 0.15) is 5.82 Å². The third kappa shape index (κ3) is 3.91. The first-order valence-corrected chi connectivity index (χ1v) is 7.94. The van der Waals surface area contributed by atoms with E-state index in [0.717, 1.165) is 12.0 Å². The second kappa shape index (κ2) is 7.00. The van der Waals surface area contributed by atoms with E-state index in [1.54, 1.807) is 36.2 Å². The number of benzene rings is 1. The van der Waals surface area contributed by atoms with E-state index in [2.05, 4.69) is 15.7 Å². The average Bonchev–Trinajstić information content (AvgIpc) is 3.14. The van der Waals surface area contributed by atoms with E-state index < -0.39 is 0 Å². The fourth-order valence-corrected chi connectivity index (χ4v) is 2.72. The van der Waals surface area contributed by atoms with Crippen LogP contribution in [0.2, 0.25) is 0 Å². The Kier molecular flexibility index (Phi) is 4.80. The number of nitrogens with one attached hydrogen (secondary N) is 2. The monoisotopic (exact) mass is 332 g/mol. The lowest BCUT2D eigenvalue weighted by molar-refractivity contribution is 0.157. The standard InChI is InChI=1S/C17H21FN4O2/c1-11(10-24-2)22-8-7-16(21-22)20-17(23)19-15-9-14(15)12-3-5-13(18)6-4-12/h3-8,11,14-15H,9-10H2,1-2H3,(H2,19,20,21,23)/t11-,14-,15+/m0/s1. The number of hydrogen-bond donors (Lipinski definition) is 2. The first kappa shape index (κ1) is 16.4. The highest BCUT2D eigenvalue weighted by atomic mass is 19.1. The first-order chi connectivity index (χ1) is 11.6. The molecule has 24 heavy (non-hydrogen) atoms. The number of urea groups is 1. The van der Waals surface area contributed by atoms with E-state index in [-0.39, 0.29) is 29.8 Å². The Hall–Kier alpha value is -2.41. The van der Waals surface area contributed by atoms with Crippen molar-refractivity contribution in [2.24, 2.45) is 0 Å². The molecular weight excluding hydrogens is 311 g/mol. The SMILES string of the molecule is COC[C@H](C)n1ccc(NC(=O)N[C@@H]2C[C@H]2c2ccc(F)cc2)n1. The summed E-state index contributed by atoms with van der Waals surface area (Å²) in [4.78, 5) is 12.0. The molecule has 1 aromatic carbocycles. The number of aromatic nitrogens is 2. The van der Waals surface area contributed by atoms with Crippen LogP contribution in [-0.4, -0.2) is 35.6 Å². The molecule has 128 valence electrons. The summed E-state index contributed by atoms with van der Waals surface area (Å²) in [5, 5.41) is 9.95. The third-order valence-corrected chi connectivity index (χ3v) is 4.11.